The molecule has 2 rings (SSSR count). The van der Waals surface area contributed by atoms with Gasteiger partial charge in [-0.1, -0.05) is 0 Å². The second-order valence-corrected chi connectivity index (χ2v) is 4.61. The van der Waals surface area contributed by atoms with Gasteiger partial charge in [-0.25, -0.2) is 0 Å². The van der Waals surface area contributed by atoms with Gasteiger partial charge in [0.05, 0.1) is 7.11 Å². The topological polar surface area (TPSA) is 84.0 Å². The molecule has 0 saturated carbocycles. The van der Waals surface area contributed by atoms with Gasteiger partial charge < -0.3 is 9.64 Å². The number of hydrogen-bond acceptors (Lipinski definition) is 5. The fraction of sp³-hybridized carbons (Fsp3) is 0.636. The molecule has 0 radical (unpaired) electrons. The Labute approximate surface area is 104 Å². The third-order valence-corrected chi connectivity index (χ3v) is 3.54. The zero-order chi connectivity index (χ0) is 13.5. The third-order valence-electron chi connectivity index (χ3n) is 3.54. The number of imide groups is 1. The second-order valence-electron chi connectivity index (χ2n) is 4.61. The maximum atomic E-state index is 12.2. The van der Waals surface area contributed by atoms with Crippen molar-refractivity contribution in [1.29, 1.82) is 0 Å². The number of carbonyl (C=O) groups excluding carboxylic acids is 4. The van der Waals surface area contributed by atoms with Gasteiger partial charge in [0.2, 0.25) is 11.8 Å². The van der Waals surface area contributed by atoms with Crippen molar-refractivity contribution in [1.82, 2.24) is 9.80 Å². The summed E-state index contributed by atoms with van der Waals surface area (Å²) in [7, 11) is 1.19. The minimum atomic E-state index is -1.00. The number of piperazine rings is 1. The van der Waals surface area contributed by atoms with E-state index in [0.717, 1.165) is 4.90 Å². The molecule has 1 atom stereocenters. The molecular weight excluding hydrogens is 240 g/mol. The molecule has 0 aromatic carbocycles. The number of carbonyl (C=O) groups is 4. The maximum absolute atomic E-state index is 12.2. The summed E-state index contributed by atoms with van der Waals surface area (Å²) < 4.78 is 4.45. The van der Waals surface area contributed by atoms with Gasteiger partial charge >= 0.3 is 5.97 Å². The number of rotatable bonds is 2. The SMILES string of the molecule is COC(=O)CN1C(=O)CN2C(=O)CCC2(C)C1=O. The van der Waals surface area contributed by atoms with Crippen LogP contribution in [0.15, 0.2) is 0 Å². The monoisotopic (exact) mass is 254 g/mol. The van der Waals surface area contributed by atoms with Crippen LogP contribution in [0.5, 0.6) is 0 Å². The molecule has 2 aliphatic rings. The number of hydrogen-bond donors (Lipinski definition) is 0. The van der Waals surface area contributed by atoms with Crippen LogP contribution in [0.3, 0.4) is 0 Å². The molecule has 0 N–H and O–H groups in total. The van der Waals surface area contributed by atoms with Crippen molar-refractivity contribution in [2.75, 3.05) is 20.2 Å². The van der Waals surface area contributed by atoms with Crippen molar-refractivity contribution in [2.45, 2.75) is 25.3 Å². The first-order valence-electron chi connectivity index (χ1n) is 5.62. The zero-order valence-electron chi connectivity index (χ0n) is 10.3. The summed E-state index contributed by atoms with van der Waals surface area (Å²) in [6, 6.07) is 0. The van der Waals surface area contributed by atoms with E-state index in [1.165, 1.54) is 12.0 Å². The van der Waals surface area contributed by atoms with Crippen molar-refractivity contribution in [3.8, 4) is 0 Å². The number of nitrogens with zero attached hydrogens (tertiary/aromatic N) is 2. The lowest BCUT2D eigenvalue weighted by Gasteiger charge is -2.41. The highest BCUT2D eigenvalue weighted by molar-refractivity contribution is 6.09. The predicted octanol–water partition coefficient (Wildman–Crippen LogP) is -1.09. The minimum absolute atomic E-state index is 0.155. The number of methoxy groups -OCH3 is 1. The standard InChI is InChI=1S/C11H14N2O5/c1-11-4-3-7(14)13(11)5-8(15)12(10(11)17)6-9(16)18-2/h3-6H2,1-2H3. The van der Waals surface area contributed by atoms with Crippen LogP contribution >= 0.6 is 0 Å². The Morgan fingerprint density at radius 1 is 1.33 bits per heavy atom. The van der Waals surface area contributed by atoms with E-state index in [-0.39, 0.29) is 18.9 Å². The van der Waals surface area contributed by atoms with Crippen LogP contribution in [0.1, 0.15) is 19.8 Å². The Bertz CT molecular complexity index is 447. The van der Waals surface area contributed by atoms with E-state index in [1.54, 1.807) is 6.92 Å². The molecule has 0 aromatic heterocycles. The fourth-order valence-corrected chi connectivity index (χ4v) is 2.36. The van der Waals surface area contributed by atoms with Crippen LogP contribution in [0.4, 0.5) is 0 Å². The Morgan fingerprint density at radius 2 is 2.00 bits per heavy atom. The van der Waals surface area contributed by atoms with E-state index in [4.69, 9.17) is 0 Å². The van der Waals surface area contributed by atoms with Crippen molar-refractivity contribution in [3.05, 3.63) is 0 Å². The van der Waals surface area contributed by atoms with Crippen LogP contribution in [-0.2, 0) is 23.9 Å². The largest absolute Gasteiger partial charge is 0.468 e. The Hall–Kier alpha value is -1.92. The second kappa shape index (κ2) is 4.08. The number of fused-ring (bicyclic) bond motifs is 1. The summed E-state index contributed by atoms with van der Waals surface area (Å²) in [5, 5.41) is 0. The number of amides is 3. The van der Waals surface area contributed by atoms with Gasteiger partial charge in [0.25, 0.3) is 5.91 Å². The fourth-order valence-electron chi connectivity index (χ4n) is 2.36. The molecule has 2 heterocycles. The Balaban J connectivity index is 2.26. The van der Waals surface area contributed by atoms with Gasteiger partial charge in [0.1, 0.15) is 18.6 Å². The molecule has 7 nitrogen and oxygen atoms in total. The van der Waals surface area contributed by atoms with Crippen LogP contribution < -0.4 is 0 Å². The van der Waals surface area contributed by atoms with Crippen molar-refractivity contribution >= 4 is 23.7 Å². The van der Waals surface area contributed by atoms with Crippen LogP contribution in [0.2, 0.25) is 0 Å². The number of ether oxygens (including phenoxy) is 1. The highest BCUT2D eigenvalue weighted by Gasteiger charge is 2.54. The zero-order valence-corrected chi connectivity index (χ0v) is 10.3. The molecule has 98 valence electrons. The van der Waals surface area contributed by atoms with Crippen molar-refractivity contribution in [2.24, 2.45) is 0 Å². The predicted molar refractivity (Wildman–Crippen MR) is 58.1 cm³/mol. The van der Waals surface area contributed by atoms with Crippen LogP contribution in [-0.4, -0.2) is 59.2 Å². The molecule has 7 heteroatoms. The van der Waals surface area contributed by atoms with E-state index >= 15 is 0 Å². The summed E-state index contributed by atoms with van der Waals surface area (Å²) in [6.07, 6.45) is 0.622. The summed E-state index contributed by atoms with van der Waals surface area (Å²) >= 11 is 0. The summed E-state index contributed by atoms with van der Waals surface area (Å²) in [5.74, 6) is -1.90. The first-order valence-corrected chi connectivity index (χ1v) is 5.62. The molecule has 2 saturated heterocycles. The quantitative estimate of drug-likeness (QED) is 0.462. The third kappa shape index (κ3) is 1.66. The summed E-state index contributed by atoms with van der Waals surface area (Å²) in [4.78, 5) is 49.0. The van der Waals surface area contributed by atoms with Crippen molar-refractivity contribution in [3.63, 3.8) is 0 Å². The lowest BCUT2D eigenvalue weighted by Crippen LogP contribution is -2.65. The molecule has 2 fully saturated rings. The van der Waals surface area contributed by atoms with Gasteiger partial charge in [-0.3, -0.25) is 24.1 Å². The van der Waals surface area contributed by atoms with Gasteiger partial charge in [-0.15, -0.1) is 0 Å². The molecule has 18 heavy (non-hydrogen) atoms. The normalized spacial score (nSPS) is 27.6. The highest BCUT2D eigenvalue weighted by Crippen LogP contribution is 2.34. The molecule has 0 bridgehead atoms. The van der Waals surface area contributed by atoms with Gasteiger partial charge in [0, 0.05) is 6.42 Å². The minimum Gasteiger partial charge on any atom is -0.468 e. The van der Waals surface area contributed by atoms with Gasteiger partial charge in [0.15, 0.2) is 0 Å². The Kier molecular flexibility index (Phi) is 2.84. The maximum Gasteiger partial charge on any atom is 0.325 e. The van der Waals surface area contributed by atoms with Gasteiger partial charge in [-0.2, -0.15) is 0 Å². The first kappa shape index (κ1) is 12.5. The van der Waals surface area contributed by atoms with Crippen molar-refractivity contribution < 1.29 is 23.9 Å². The van der Waals surface area contributed by atoms with E-state index in [2.05, 4.69) is 4.74 Å². The molecule has 0 spiro atoms. The molecular formula is C11H14N2O5. The van der Waals surface area contributed by atoms with Crippen LogP contribution in [0, 0.1) is 0 Å². The summed E-state index contributed by atoms with van der Waals surface area (Å²) in [6.45, 7) is 1.07. The average Bonchev–Trinajstić information content (AvgIpc) is 2.63. The Morgan fingerprint density at radius 3 is 2.61 bits per heavy atom. The average molecular weight is 254 g/mol. The summed E-state index contributed by atoms with van der Waals surface area (Å²) in [5.41, 5.74) is -1.00. The molecule has 1 unspecified atom stereocenters. The first-order chi connectivity index (χ1) is 8.40. The lowest BCUT2D eigenvalue weighted by molar-refractivity contribution is -0.167. The lowest BCUT2D eigenvalue weighted by atomic mass is 9.94. The van der Waals surface area contributed by atoms with Gasteiger partial charge in [-0.05, 0) is 13.3 Å². The highest BCUT2D eigenvalue weighted by atomic mass is 16.5. The molecule has 0 aliphatic carbocycles. The molecule has 0 aromatic rings. The van der Waals surface area contributed by atoms with E-state index in [0.29, 0.717) is 6.42 Å². The van der Waals surface area contributed by atoms with E-state index < -0.39 is 29.9 Å². The smallest absolute Gasteiger partial charge is 0.325 e. The molecule has 3 amide bonds. The number of esters is 1. The van der Waals surface area contributed by atoms with E-state index in [1.807, 2.05) is 0 Å². The van der Waals surface area contributed by atoms with Crippen LogP contribution in [0.25, 0.3) is 0 Å². The molecule has 2 aliphatic heterocycles. The van der Waals surface area contributed by atoms with E-state index in [9.17, 15) is 19.2 Å².